The van der Waals surface area contributed by atoms with Gasteiger partial charge in [-0.1, -0.05) is 262 Å². The van der Waals surface area contributed by atoms with Crippen molar-refractivity contribution in [1.29, 1.82) is 0 Å². The number of hydrogen-bond acceptors (Lipinski definition) is 6. The number of carbonyl (C=O) groups excluding carboxylic acids is 3. The molecule has 1 unspecified atom stereocenters. The van der Waals surface area contributed by atoms with E-state index in [0.29, 0.717) is 19.3 Å². The lowest BCUT2D eigenvalue weighted by Crippen LogP contribution is -2.30. The molecule has 6 heteroatoms. The molecule has 0 rings (SSSR count). The van der Waals surface area contributed by atoms with Crippen LogP contribution >= 0.6 is 0 Å². The van der Waals surface area contributed by atoms with Crippen LogP contribution in [0.15, 0.2) is 48.6 Å². The molecule has 0 amide bonds. The van der Waals surface area contributed by atoms with Crippen molar-refractivity contribution in [3.63, 3.8) is 0 Å². The quantitative estimate of drug-likeness (QED) is 0.0262. The van der Waals surface area contributed by atoms with Gasteiger partial charge in [0, 0.05) is 19.3 Å². The maximum Gasteiger partial charge on any atom is 0.306 e. The van der Waals surface area contributed by atoms with E-state index in [0.717, 1.165) is 77.0 Å². The van der Waals surface area contributed by atoms with Crippen LogP contribution in [-0.2, 0) is 28.6 Å². The van der Waals surface area contributed by atoms with Gasteiger partial charge in [0.25, 0.3) is 0 Å². The second-order valence-electron chi connectivity index (χ2n) is 20.3. The molecule has 402 valence electrons. The first-order valence-electron chi connectivity index (χ1n) is 30.1. The average Bonchev–Trinajstić information content (AvgIpc) is 3.35. The Hall–Kier alpha value is -2.63. The number of carbonyl (C=O) groups is 3. The molecule has 0 aliphatic rings. The predicted molar refractivity (Wildman–Crippen MR) is 298 cm³/mol. The van der Waals surface area contributed by atoms with Gasteiger partial charge in [0.05, 0.1) is 0 Å². The molecule has 0 heterocycles. The number of rotatable bonds is 55. The molecule has 0 radical (unpaired) electrons. The topological polar surface area (TPSA) is 78.9 Å². The highest BCUT2D eigenvalue weighted by atomic mass is 16.6. The van der Waals surface area contributed by atoms with E-state index in [2.05, 4.69) is 69.4 Å². The van der Waals surface area contributed by atoms with Crippen molar-refractivity contribution in [3.05, 3.63) is 48.6 Å². The first kappa shape index (κ1) is 66.4. The normalized spacial score (nSPS) is 12.3. The standard InChI is InChI=1S/C63H114O6/c1-4-7-10-13-16-18-20-22-24-26-28-29-30-31-32-33-34-35-36-38-39-41-43-45-47-50-53-56-62(65)68-59-60(58-67-61(64)55-52-49-15-12-9-6-3)69-63(66)57-54-51-48-46-44-42-40-37-27-25-23-21-19-17-14-11-8-5-2/h19-22,25-28,60H,4-18,23-24,29-59H2,1-3H3/b21-19-,22-20-,27-25-,28-26-. The van der Waals surface area contributed by atoms with Crippen LogP contribution in [0, 0.1) is 0 Å². The fraction of sp³-hybridized carbons (Fsp3) is 0.825. The van der Waals surface area contributed by atoms with E-state index in [-0.39, 0.29) is 31.1 Å². The zero-order valence-corrected chi connectivity index (χ0v) is 46.1. The highest BCUT2D eigenvalue weighted by molar-refractivity contribution is 5.71. The van der Waals surface area contributed by atoms with Crippen LogP contribution in [0.1, 0.15) is 316 Å². The van der Waals surface area contributed by atoms with Gasteiger partial charge in [0.2, 0.25) is 0 Å². The Bertz CT molecular complexity index is 1200. The third kappa shape index (κ3) is 56.2. The number of hydrogen-bond donors (Lipinski definition) is 0. The molecule has 0 spiro atoms. The van der Waals surface area contributed by atoms with Gasteiger partial charge in [-0.3, -0.25) is 14.4 Å². The van der Waals surface area contributed by atoms with Crippen LogP contribution in [-0.4, -0.2) is 37.2 Å². The Morgan fingerprint density at radius 2 is 0.522 bits per heavy atom. The molecule has 0 N–H and O–H groups in total. The molecule has 0 aliphatic heterocycles. The fourth-order valence-electron chi connectivity index (χ4n) is 8.74. The monoisotopic (exact) mass is 967 g/mol. The van der Waals surface area contributed by atoms with E-state index >= 15 is 0 Å². The van der Waals surface area contributed by atoms with Crippen LogP contribution in [0.3, 0.4) is 0 Å². The van der Waals surface area contributed by atoms with Gasteiger partial charge in [0.1, 0.15) is 13.2 Å². The minimum atomic E-state index is -0.773. The van der Waals surface area contributed by atoms with Crippen molar-refractivity contribution >= 4 is 17.9 Å². The van der Waals surface area contributed by atoms with Crippen molar-refractivity contribution < 1.29 is 28.6 Å². The van der Waals surface area contributed by atoms with Crippen molar-refractivity contribution in [1.82, 2.24) is 0 Å². The minimum absolute atomic E-state index is 0.0739. The molecule has 0 fully saturated rings. The van der Waals surface area contributed by atoms with E-state index in [1.165, 1.54) is 199 Å². The molecule has 6 nitrogen and oxygen atoms in total. The summed E-state index contributed by atoms with van der Waals surface area (Å²) in [7, 11) is 0. The van der Waals surface area contributed by atoms with E-state index in [1.807, 2.05) is 0 Å². The number of ether oxygens (including phenoxy) is 3. The van der Waals surface area contributed by atoms with Gasteiger partial charge in [0.15, 0.2) is 6.10 Å². The van der Waals surface area contributed by atoms with E-state index < -0.39 is 6.10 Å². The third-order valence-corrected chi connectivity index (χ3v) is 13.3. The molecule has 0 saturated heterocycles. The third-order valence-electron chi connectivity index (χ3n) is 13.3. The summed E-state index contributed by atoms with van der Waals surface area (Å²) in [6, 6.07) is 0. The first-order valence-corrected chi connectivity index (χ1v) is 30.1. The van der Waals surface area contributed by atoms with Crippen molar-refractivity contribution in [3.8, 4) is 0 Å². The molecule has 0 aliphatic carbocycles. The number of esters is 3. The summed E-state index contributed by atoms with van der Waals surface area (Å²) < 4.78 is 16.8. The summed E-state index contributed by atoms with van der Waals surface area (Å²) in [5, 5.41) is 0. The Balaban J connectivity index is 4.07. The van der Waals surface area contributed by atoms with Gasteiger partial charge in [-0.15, -0.1) is 0 Å². The molecule has 0 aromatic rings. The zero-order chi connectivity index (χ0) is 50.0. The molecule has 1 atom stereocenters. The Morgan fingerprint density at radius 1 is 0.290 bits per heavy atom. The largest absolute Gasteiger partial charge is 0.462 e. The lowest BCUT2D eigenvalue weighted by molar-refractivity contribution is -0.167. The van der Waals surface area contributed by atoms with E-state index in [4.69, 9.17) is 14.2 Å². The van der Waals surface area contributed by atoms with Crippen LogP contribution in [0.4, 0.5) is 0 Å². The van der Waals surface area contributed by atoms with Crippen molar-refractivity contribution in [2.75, 3.05) is 13.2 Å². The second-order valence-corrected chi connectivity index (χ2v) is 20.3. The van der Waals surface area contributed by atoms with Gasteiger partial charge >= 0.3 is 17.9 Å². The average molecular weight is 968 g/mol. The second kappa shape index (κ2) is 57.9. The summed E-state index contributed by atoms with van der Waals surface area (Å²) in [4.78, 5) is 37.9. The number of allylic oxidation sites excluding steroid dienone is 8. The maximum absolute atomic E-state index is 12.8. The molecule has 69 heavy (non-hydrogen) atoms. The van der Waals surface area contributed by atoms with Gasteiger partial charge in [-0.2, -0.15) is 0 Å². The SMILES string of the molecule is CCCCCC/C=C\C/C=C\CCCCCCCCCC(=O)OC(COC(=O)CCCCCCCC)COC(=O)CCCCCCCCCCCCCCCCC/C=C\C/C=C\CCCCCCC. The van der Waals surface area contributed by atoms with Crippen molar-refractivity contribution in [2.24, 2.45) is 0 Å². The lowest BCUT2D eigenvalue weighted by atomic mass is 10.0. The Morgan fingerprint density at radius 3 is 0.812 bits per heavy atom. The molecule has 0 aromatic heterocycles. The highest BCUT2D eigenvalue weighted by Crippen LogP contribution is 2.16. The van der Waals surface area contributed by atoms with Crippen molar-refractivity contribution in [2.45, 2.75) is 322 Å². The predicted octanol–water partition coefficient (Wildman–Crippen LogP) is 20.2. The zero-order valence-electron chi connectivity index (χ0n) is 46.1. The molecular formula is C63H114O6. The number of unbranched alkanes of at least 4 members (excludes halogenated alkanes) is 36. The summed E-state index contributed by atoms with van der Waals surface area (Å²) in [5.74, 6) is -0.878. The maximum atomic E-state index is 12.8. The van der Waals surface area contributed by atoms with Crippen LogP contribution < -0.4 is 0 Å². The van der Waals surface area contributed by atoms with E-state index in [1.54, 1.807) is 0 Å². The summed E-state index contributed by atoms with van der Waals surface area (Å²) in [6.45, 7) is 6.58. The minimum Gasteiger partial charge on any atom is -0.462 e. The highest BCUT2D eigenvalue weighted by Gasteiger charge is 2.19. The fourth-order valence-corrected chi connectivity index (χ4v) is 8.74. The summed E-state index contributed by atoms with van der Waals surface area (Å²) >= 11 is 0. The molecule has 0 bridgehead atoms. The Labute approximate surface area is 428 Å². The molecular weight excluding hydrogens is 853 g/mol. The molecule has 0 aromatic carbocycles. The van der Waals surface area contributed by atoms with Gasteiger partial charge < -0.3 is 14.2 Å². The van der Waals surface area contributed by atoms with Crippen LogP contribution in [0.25, 0.3) is 0 Å². The smallest absolute Gasteiger partial charge is 0.306 e. The van der Waals surface area contributed by atoms with Crippen LogP contribution in [0.5, 0.6) is 0 Å². The van der Waals surface area contributed by atoms with Crippen LogP contribution in [0.2, 0.25) is 0 Å². The van der Waals surface area contributed by atoms with E-state index in [9.17, 15) is 14.4 Å². The first-order chi connectivity index (χ1) is 34.0. The lowest BCUT2D eigenvalue weighted by Gasteiger charge is -2.18. The van der Waals surface area contributed by atoms with Gasteiger partial charge in [-0.25, -0.2) is 0 Å². The summed E-state index contributed by atoms with van der Waals surface area (Å²) in [6.07, 6.45) is 71.5. The Kier molecular flexibility index (Phi) is 55.7. The molecule has 0 saturated carbocycles. The van der Waals surface area contributed by atoms with Gasteiger partial charge in [-0.05, 0) is 83.5 Å². The summed E-state index contributed by atoms with van der Waals surface area (Å²) in [5.41, 5.74) is 0.